The number of carbonyl (C=O) groups excluding carboxylic acids is 2. The molecule has 0 aliphatic carbocycles. The van der Waals surface area contributed by atoms with Crippen LogP contribution in [0.15, 0.2) is 152 Å². The Kier molecular flexibility index (Phi) is 18.2. The Morgan fingerprint density at radius 2 is 0.877 bits per heavy atom. The Morgan fingerprint density at radius 1 is 0.492 bits per heavy atom. The molecule has 5 aromatic rings. The van der Waals surface area contributed by atoms with E-state index in [-0.39, 0.29) is 58.4 Å². The van der Waals surface area contributed by atoms with Crippen LogP contribution >= 0.6 is 0 Å². The molecule has 0 radical (unpaired) electrons. The van der Waals surface area contributed by atoms with Crippen LogP contribution in [0.2, 0.25) is 0 Å². The lowest BCUT2D eigenvalue weighted by Crippen LogP contribution is -2.62. The summed E-state index contributed by atoms with van der Waals surface area (Å²) >= 11 is 0. The normalized spacial score (nSPS) is 25.4. The molecule has 5 unspecified atom stereocenters. The largest absolute Gasteiger partial charge is 0.457 e. The summed E-state index contributed by atoms with van der Waals surface area (Å²) in [7, 11) is 1.51. The molecule has 0 aromatic heterocycles. The van der Waals surface area contributed by atoms with Crippen LogP contribution in [0, 0.1) is 0 Å². The van der Waals surface area contributed by atoms with Crippen molar-refractivity contribution in [3.05, 3.63) is 179 Å². The van der Waals surface area contributed by atoms with E-state index in [1.54, 1.807) is 6.92 Å². The van der Waals surface area contributed by atoms with E-state index in [1.165, 1.54) is 7.05 Å². The predicted octanol–water partition coefficient (Wildman–Crippen LogP) is 7.81. The molecule has 2 aliphatic heterocycles. The fourth-order valence-electron chi connectivity index (χ4n) is 7.78. The third-order valence-electron chi connectivity index (χ3n) is 11.3. The lowest BCUT2D eigenvalue weighted by molar-refractivity contribution is -0.335. The molecule has 0 spiro atoms. The molecule has 1 N–H and O–H groups in total. The van der Waals surface area contributed by atoms with Gasteiger partial charge in [-0.05, 0) is 34.7 Å². The molecular weight excluding hydrogens is 834 g/mol. The zero-order valence-corrected chi connectivity index (χ0v) is 36.7. The molecule has 65 heavy (non-hydrogen) atoms. The highest BCUT2D eigenvalue weighted by Crippen LogP contribution is 2.34. The number of amides is 1. The molecule has 344 valence electrons. The molecule has 10 atom stereocenters. The summed E-state index contributed by atoms with van der Waals surface area (Å²) in [5.74, 6) is -0.894. The number of ether oxygens (including phenoxy) is 9. The first-order valence-corrected chi connectivity index (χ1v) is 22.1. The number of hydrogen-bond donors (Lipinski definition) is 1. The van der Waals surface area contributed by atoms with Crippen molar-refractivity contribution >= 4 is 11.9 Å². The molecule has 1 amide bonds. The van der Waals surface area contributed by atoms with Gasteiger partial charge in [-0.3, -0.25) is 9.59 Å². The average Bonchev–Trinajstić information content (AvgIpc) is 3.35. The Labute approximate surface area is 380 Å². The molecule has 5 aromatic carbocycles. The van der Waals surface area contributed by atoms with Crippen molar-refractivity contribution in [2.45, 2.75) is 114 Å². The Morgan fingerprint density at radius 3 is 1.31 bits per heavy atom. The van der Waals surface area contributed by atoms with Crippen LogP contribution in [0.25, 0.3) is 0 Å². The number of carbonyl (C=O) groups is 2. The van der Waals surface area contributed by atoms with Crippen LogP contribution in [0.4, 0.5) is 4.39 Å². The van der Waals surface area contributed by atoms with Crippen LogP contribution in [0.1, 0.15) is 47.6 Å². The lowest BCUT2D eigenvalue weighted by Gasteiger charge is -2.46. The monoisotopic (exact) mass is 891 g/mol. The van der Waals surface area contributed by atoms with Crippen LogP contribution in [0.3, 0.4) is 0 Å². The standard InChI is InChI=1S/C52H58FNO11/c1-36-45(65-44(56)29-28-43(55)54-2)47(58-31-38-20-10-4-11-21-38)50(61-34-41-26-16-7-17-27-41)52(63-36)62-35-42-46(57-30-37-18-8-3-9-19-37)48(59-32-39-22-12-5-13-23-39)49(51(53)64-42)60-33-40-24-14-6-15-25-40/h3-27,36,42,45-52H,28-35H2,1-2H3,(H,54,55)/t36?,42-,45+,46+,47+,48?,49?,50?,51-,52?/m0/s1. The molecular formula is C52H58FNO11. The highest BCUT2D eigenvalue weighted by atomic mass is 19.1. The van der Waals surface area contributed by atoms with E-state index in [2.05, 4.69) is 5.32 Å². The summed E-state index contributed by atoms with van der Waals surface area (Å²) in [6.45, 7) is 2.26. The quantitative estimate of drug-likeness (QED) is 0.0684. The minimum atomic E-state index is -1.93. The van der Waals surface area contributed by atoms with Gasteiger partial charge in [0.1, 0.15) is 36.6 Å². The van der Waals surface area contributed by atoms with Crippen molar-refractivity contribution in [1.82, 2.24) is 5.32 Å². The van der Waals surface area contributed by atoms with E-state index in [0.29, 0.717) is 0 Å². The number of hydrogen-bond acceptors (Lipinski definition) is 11. The van der Waals surface area contributed by atoms with Gasteiger partial charge in [0.15, 0.2) is 12.4 Å². The van der Waals surface area contributed by atoms with Gasteiger partial charge in [-0.15, -0.1) is 0 Å². The lowest BCUT2D eigenvalue weighted by atomic mass is 9.97. The Hall–Kier alpha value is -5.35. The molecule has 0 saturated carbocycles. The minimum Gasteiger partial charge on any atom is -0.457 e. The number of halogens is 1. The van der Waals surface area contributed by atoms with Crippen LogP contribution in [-0.4, -0.2) is 87.0 Å². The maximum atomic E-state index is 16.7. The maximum absolute atomic E-state index is 16.7. The van der Waals surface area contributed by atoms with Crippen molar-refractivity contribution in [2.75, 3.05) is 13.7 Å². The fraction of sp³-hybridized carbons (Fsp3) is 0.385. The van der Waals surface area contributed by atoms with Crippen molar-refractivity contribution in [3.8, 4) is 0 Å². The summed E-state index contributed by atoms with van der Waals surface area (Å²) in [6.07, 6.45) is -10.9. The smallest absolute Gasteiger partial charge is 0.306 e. The molecule has 2 fully saturated rings. The van der Waals surface area contributed by atoms with Gasteiger partial charge < -0.3 is 47.9 Å². The number of alkyl halides is 1. The second-order valence-electron chi connectivity index (χ2n) is 16.0. The predicted molar refractivity (Wildman–Crippen MR) is 238 cm³/mol. The van der Waals surface area contributed by atoms with Gasteiger partial charge in [0.05, 0.1) is 52.2 Å². The van der Waals surface area contributed by atoms with Gasteiger partial charge in [-0.2, -0.15) is 0 Å². The van der Waals surface area contributed by atoms with E-state index in [1.807, 2.05) is 152 Å². The third-order valence-corrected chi connectivity index (χ3v) is 11.3. The molecule has 2 aliphatic rings. The first-order chi connectivity index (χ1) is 31.8. The van der Waals surface area contributed by atoms with E-state index in [0.717, 1.165) is 27.8 Å². The second-order valence-corrected chi connectivity index (χ2v) is 16.0. The van der Waals surface area contributed by atoms with Crippen LogP contribution < -0.4 is 5.32 Å². The van der Waals surface area contributed by atoms with E-state index in [9.17, 15) is 9.59 Å². The van der Waals surface area contributed by atoms with Gasteiger partial charge in [-0.1, -0.05) is 152 Å². The second kappa shape index (κ2) is 24.8. The van der Waals surface area contributed by atoms with Crippen molar-refractivity contribution in [2.24, 2.45) is 0 Å². The topological polar surface area (TPSA) is 129 Å². The van der Waals surface area contributed by atoms with Crippen molar-refractivity contribution in [1.29, 1.82) is 0 Å². The maximum Gasteiger partial charge on any atom is 0.306 e. The van der Waals surface area contributed by atoms with Gasteiger partial charge in [0, 0.05) is 13.5 Å². The highest BCUT2D eigenvalue weighted by Gasteiger charge is 2.52. The zero-order chi connectivity index (χ0) is 45.2. The van der Waals surface area contributed by atoms with Crippen molar-refractivity contribution in [3.63, 3.8) is 0 Å². The van der Waals surface area contributed by atoms with Gasteiger partial charge in [-0.25, -0.2) is 4.39 Å². The average molecular weight is 892 g/mol. The SMILES string of the molecule is CNC(=O)CCC(=O)O[C@@H]1C(C)OC(OC[C@@H]2O[C@H](F)C(OCc3ccccc3)C(OCc3ccccc3)[C@@H]2OCc2ccccc2)C(OCc2ccccc2)[C@@H]1OCc1ccccc1. The molecule has 2 saturated heterocycles. The zero-order valence-electron chi connectivity index (χ0n) is 36.7. The van der Waals surface area contributed by atoms with E-state index in [4.69, 9.17) is 42.6 Å². The summed E-state index contributed by atoms with van der Waals surface area (Å²) in [6, 6.07) is 47.9. The van der Waals surface area contributed by atoms with Crippen molar-refractivity contribution < 1.29 is 56.6 Å². The summed E-state index contributed by atoms with van der Waals surface area (Å²) in [4.78, 5) is 25.3. The summed E-state index contributed by atoms with van der Waals surface area (Å²) in [5, 5.41) is 2.53. The Balaban J connectivity index is 1.17. The van der Waals surface area contributed by atoms with Crippen LogP contribution in [-0.2, 0) is 85.3 Å². The summed E-state index contributed by atoms with van der Waals surface area (Å²) in [5.41, 5.74) is 4.39. The number of rotatable bonds is 22. The van der Waals surface area contributed by atoms with Gasteiger partial charge >= 0.3 is 5.97 Å². The first kappa shape index (κ1) is 47.6. The summed E-state index contributed by atoms with van der Waals surface area (Å²) < 4.78 is 74.9. The minimum absolute atomic E-state index is 0.0504. The molecule has 2 heterocycles. The number of nitrogens with one attached hydrogen (secondary N) is 1. The number of benzene rings is 5. The number of esters is 1. The van der Waals surface area contributed by atoms with Gasteiger partial charge in [0.25, 0.3) is 0 Å². The molecule has 12 nitrogen and oxygen atoms in total. The molecule has 13 heteroatoms. The van der Waals surface area contributed by atoms with E-state index < -0.39 is 67.4 Å². The fourth-order valence-corrected chi connectivity index (χ4v) is 7.78. The van der Waals surface area contributed by atoms with Crippen LogP contribution in [0.5, 0.6) is 0 Å². The van der Waals surface area contributed by atoms with E-state index >= 15 is 4.39 Å². The molecule has 0 bridgehead atoms. The third kappa shape index (κ3) is 14.1. The van der Waals surface area contributed by atoms with Gasteiger partial charge in [0.2, 0.25) is 12.3 Å². The Bertz CT molecular complexity index is 2140. The highest BCUT2D eigenvalue weighted by molar-refractivity contribution is 5.81. The molecule has 7 rings (SSSR count). The first-order valence-electron chi connectivity index (χ1n) is 22.1.